The normalized spacial score (nSPS) is 23.4. The quantitative estimate of drug-likeness (QED) is 0.564. The van der Waals surface area contributed by atoms with Crippen molar-refractivity contribution < 1.29 is 17.9 Å². The van der Waals surface area contributed by atoms with E-state index in [-0.39, 0.29) is 23.8 Å². The highest BCUT2D eigenvalue weighted by Crippen LogP contribution is 2.29. The molecule has 2 aliphatic rings. The van der Waals surface area contributed by atoms with E-state index in [0.29, 0.717) is 18.7 Å². The van der Waals surface area contributed by atoms with Gasteiger partial charge in [-0.15, -0.1) is 0 Å². The zero-order valence-electron chi connectivity index (χ0n) is 15.3. The first-order valence-electron chi connectivity index (χ1n) is 8.94. The Kier molecular flexibility index (Phi) is 5.39. The molecule has 1 aromatic carbocycles. The van der Waals surface area contributed by atoms with Crippen LogP contribution in [-0.2, 0) is 20.5 Å². The fraction of sp³-hybridized carbons (Fsp3) is 0.526. The molecule has 0 unspecified atom stereocenters. The molecule has 1 saturated heterocycles. The Bertz CT molecular complexity index is 800. The molecule has 6 nitrogen and oxygen atoms in total. The first-order valence-corrected chi connectivity index (χ1v) is 10.5. The predicted molar refractivity (Wildman–Crippen MR) is 101 cm³/mol. The van der Waals surface area contributed by atoms with Gasteiger partial charge in [-0.1, -0.05) is 44.2 Å². The highest BCUT2D eigenvalue weighted by atomic mass is 32.2. The minimum Gasteiger partial charge on any atom is -0.619 e. The molecule has 0 aliphatic carbocycles. The van der Waals surface area contributed by atoms with Crippen molar-refractivity contribution in [3.63, 3.8) is 0 Å². The molecule has 3 rings (SSSR count). The SMILES string of the molecule is CC1(C)C=[N+]([O-])C=C(OC[C@H]2CCCN2S(=O)(=O)Cc2ccccc2)C1. The van der Waals surface area contributed by atoms with Crippen molar-refractivity contribution in [2.75, 3.05) is 13.2 Å². The molecule has 1 aromatic rings. The second-order valence-corrected chi connectivity index (χ2v) is 9.63. The molecule has 1 fully saturated rings. The maximum absolute atomic E-state index is 12.8. The van der Waals surface area contributed by atoms with Crippen LogP contribution in [0.4, 0.5) is 0 Å². The van der Waals surface area contributed by atoms with E-state index in [1.165, 1.54) is 6.20 Å². The van der Waals surface area contributed by atoms with Crippen LogP contribution in [0.1, 0.15) is 38.7 Å². The molecule has 0 spiro atoms. The summed E-state index contributed by atoms with van der Waals surface area (Å²) in [6.07, 6.45) is 5.29. The van der Waals surface area contributed by atoms with Crippen molar-refractivity contribution >= 4 is 16.2 Å². The molecule has 0 amide bonds. The van der Waals surface area contributed by atoms with Crippen LogP contribution in [0.5, 0.6) is 0 Å². The van der Waals surface area contributed by atoms with Crippen molar-refractivity contribution in [1.82, 2.24) is 4.31 Å². The van der Waals surface area contributed by atoms with E-state index in [4.69, 9.17) is 4.74 Å². The first kappa shape index (κ1) is 18.9. The molecular weight excluding hydrogens is 352 g/mol. The Morgan fingerprint density at radius 1 is 1.31 bits per heavy atom. The zero-order valence-corrected chi connectivity index (χ0v) is 16.1. The number of ether oxygens (including phenoxy) is 1. The molecule has 0 radical (unpaired) electrons. The molecule has 2 heterocycles. The Labute approximate surface area is 155 Å². The fourth-order valence-electron chi connectivity index (χ4n) is 3.57. The second-order valence-electron chi connectivity index (χ2n) is 7.71. The number of hydrogen-bond acceptors (Lipinski definition) is 4. The van der Waals surface area contributed by atoms with Gasteiger partial charge in [-0.25, -0.2) is 8.42 Å². The molecule has 0 N–H and O–H groups in total. The molecule has 7 heteroatoms. The van der Waals surface area contributed by atoms with Crippen molar-refractivity contribution in [2.45, 2.75) is 44.9 Å². The maximum Gasteiger partial charge on any atom is 0.218 e. The van der Waals surface area contributed by atoms with E-state index in [9.17, 15) is 13.6 Å². The summed E-state index contributed by atoms with van der Waals surface area (Å²) in [4.78, 5) is 0. The average molecular weight is 378 g/mol. The van der Waals surface area contributed by atoms with E-state index in [2.05, 4.69) is 0 Å². The van der Waals surface area contributed by atoms with Crippen molar-refractivity contribution in [3.8, 4) is 0 Å². The molecule has 26 heavy (non-hydrogen) atoms. The molecule has 0 bridgehead atoms. The van der Waals surface area contributed by atoms with Gasteiger partial charge in [-0.2, -0.15) is 9.04 Å². The molecule has 2 aliphatic heterocycles. The smallest absolute Gasteiger partial charge is 0.218 e. The van der Waals surface area contributed by atoms with Gasteiger partial charge in [0.05, 0.1) is 17.2 Å². The average Bonchev–Trinajstić information content (AvgIpc) is 3.01. The number of allylic oxidation sites excluding steroid dienone is 1. The Hall–Kier alpha value is -1.86. The van der Waals surface area contributed by atoms with Gasteiger partial charge in [-0.05, 0) is 18.4 Å². The summed E-state index contributed by atoms with van der Waals surface area (Å²) in [5.41, 5.74) is 0.522. The highest BCUT2D eigenvalue weighted by Gasteiger charge is 2.35. The summed E-state index contributed by atoms with van der Waals surface area (Å²) >= 11 is 0. The topological polar surface area (TPSA) is 72.7 Å². The number of sulfonamides is 1. The standard InChI is InChI=1S/C19H26N2O4S/c1-19(2)11-18(12-20(22)15-19)25-13-17-9-6-10-21(17)26(23,24)14-16-7-4-3-5-8-16/h3-5,7-8,12,15,17H,6,9-11,13-14H2,1-2H3/t17-/m1/s1. The number of nitrogens with zero attached hydrogens (tertiary/aromatic N) is 2. The number of rotatable bonds is 6. The fourth-order valence-corrected chi connectivity index (χ4v) is 5.37. The van der Waals surface area contributed by atoms with Crippen LogP contribution in [0.2, 0.25) is 0 Å². The number of hydroxylamine groups is 1. The summed E-state index contributed by atoms with van der Waals surface area (Å²) in [5.74, 6) is 0.614. The summed E-state index contributed by atoms with van der Waals surface area (Å²) < 4.78 is 33.8. The monoisotopic (exact) mass is 378 g/mol. The van der Waals surface area contributed by atoms with Gasteiger partial charge in [0.25, 0.3) is 0 Å². The summed E-state index contributed by atoms with van der Waals surface area (Å²) in [6.45, 7) is 4.75. The minimum atomic E-state index is -3.39. The van der Waals surface area contributed by atoms with Gasteiger partial charge < -0.3 is 9.94 Å². The van der Waals surface area contributed by atoms with Gasteiger partial charge in [-0.3, -0.25) is 0 Å². The van der Waals surface area contributed by atoms with E-state index >= 15 is 0 Å². The number of benzene rings is 1. The lowest BCUT2D eigenvalue weighted by Gasteiger charge is -2.27. The van der Waals surface area contributed by atoms with Crippen LogP contribution in [0.15, 0.2) is 42.3 Å². The molecular formula is C19H26N2O4S. The van der Waals surface area contributed by atoms with E-state index in [1.54, 1.807) is 10.5 Å². The van der Waals surface area contributed by atoms with Crippen LogP contribution in [-0.4, -0.2) is 42.9 Å². The zero-order chi connectivity index (χ0) is 18.8. The first-order chi connectivity index (χ1) is 12.3. The van der Waals surface area contributed by atoms with Crippen LogP contribution in [0, 0.1) is 10.6 Å². The highest BCUT2D eigenvalue weighted by molar-refractivity contribution is 7.88. The van der Waals surface area contributed by atoms with Gasteiger partial charge in [0, 0.05) is 13.0 Å². The lowest BCUT2D eigenvalue weighted by molar-refractivity contribution is -0.384. The lowest BCUT2D eigenvalue weighted by atomic mass is 9.89. The summed E-state index contributed by atoms with van der Waals surface area (Å²) in [6, 6.07) is 9.04. The number of hydrogen-bond donors (Lipinski definition) is 0. The summed E-state index contributed by atoms with van der Waals surface area (Å²) in [5, 5.41) is 11.7. The maximum atomic E-state index is 12.8. The Morgan fingerprint density at radius 3 is 2.73 bits per heavy atom. The van der Waals surface area contributed by atoms with Crippen molar-refractivity contribution in [2.24, 2.45) is 5.41 Å². The van der Waals surface area contributed by atoms with Gasteiger partial charge >= 0.3 is 0 Å². The molecule has 1 atom stereocenters. The lowest BCUT2D eigenvalue weighted by Crippen LogP contribution is -2.39. The third-order valence-electron chi connectivity index (χ3n) is 4.71. The minimum absolute atomic E-state index is 0.00334. The van der Waals surface area contributed by atoms with Gasteiger partial charge in [0.15, 0.2) is 12.0 Å². The van der Waals surface area contributed by atoms with E-state index in [0.717, 1.165) is 23.1 Å². The second kappa shape index (κ2) is 7.40. The van der Waals surface area contributed by atoms with E-state index in [1.807, 2.05) is 44.2 Å². The molecule has 142 valence electrons. The molecule has 0 saturated carbocycles. The van der Waals surface area contributed by atoms with Crippen molar-refractivity contribution in [3.05, 3.63) is 53.1 Å². The van der Waals surface area contributed by atoms with Crippen molar-refractivity contribution in [1.29, 1.82) is 0 Å². The third-order valence-corrected chi connectivity index (χ3v) is 6.60. The molecule has 0 aromatic heterocycles. The van der Waals surface area contributed by atoms with Crippen LogP contribution in [0.25, 0.3) is 0 Å². The van der Waals surface area contributed by atoms with Gasteiger partial charge in [0.1, 0.15) is 6.61 Å². The Balaban J connectivity index is 1.64. The van der Waals surface area contributed by atoms with Crippen LogP contribution < -0.4 is 0 Å². The van der Waals surface area contributed by atoms with Crippen LogP contribution in [0.3, 0.4) is 0 Å². The summed E-state index contributed by atoms with van der Waals surface area (Å²) in [7, 11) is -3.39. The largest absolute Gasteiger partial charge is 0.619 e. The predicted octanol–water partition coefficient (Wildman–Crippen LogP) is 2.85. The van der Waals surface area contributed by atoms with Gasteiger partial charge in [0.2, 0.25) is 16.2 Å². The van der Waals surface area contributed by atoms with Crippen LogP contribution >= 0.6 is 0 Å². The Morgan fingerprint density at radius 2 is 2.04 bits per heavy atom. The van der Waals surface area contributed by atoms with E-state index < -0.39 is 10.0 Å². The third kappa shape index (κ3) is 4.65.